The summed E-state index contributed by atoms with van der Waals surface area (Å²) in [5, 5.41) is 22.0. The average Bonchev–Trinajstić information content (AvgIpc) is 3.10. The molecule has 6 heteroatoms. The number of nitrogens with zero attached hydrogens (tertiary/aromatic N) is 2. The van der Waals surface area contributed by atoms with Gasteiger partial charge in [-0.25, -0.2) is 0 Å². The molecule has 26 heavy (non-hydrogen) atoms. The van der Waals surface area contributed by atoms with Crippen LogP contribution in [0.3, 0.4) is 0 Å². The van der Waals surface area contributed by atoms with Crippen LogP contribution in [0.5, 0.6) is 11.5 Å². The molecule has 3 N–H and O–H groups in total. The molecule has 4 rings (SSSR count). The molecule has 4 aromatic rings. The number of nitrogens with one attached hydrogen (secondary N) is 2. The van der Waals surface area contributed by atoms with Crippen molar-refractivity contribution < 1.29 is 9.84 Å². The fourth-order valence-electron chi connectivity index (χ4n) is 2.91. The number of ether oxygens (including phenoxy) is 1. The number of hydrogen-bond donors (Lipinski definition) is 3. The van der Waals surface area contributed by atoms with Crippen LogP contribution >= 0.6 is 0 Å². The summed E-state index contributed by atoms with van der Waals surface area (Å²) in [7, 11) is 1.65. The molecule has 0 radical (unpaired) electrons. The zero-order valence-electron chi connectivity index (χ0n) is 14.2. The van der Waals surface area contributed by atoms with Crippen LogP contribution in [0.2, 0.25) is 0 Å². The second-order valence-corrected chi connectivity index (χ2v) is 5.96. The second kappa shape index (κ2) is 6.76. The van der Waals surface area contributed by atoms with Crippen LogP contribution < -0.4 is 10.1 Å². The Morgan fingerprint density at radius 2 is 2.04 bits per heavy atom. The number of anilines is 1. The highest BCUT2D eigenvalue weighted by Gasteiger charge is 2.09. The number of aromatic hydroxyl groups is 1. The van der Waals surface area contributed by atoms with Gasteiger partial charge in [-0.2, -0.15) is 5.10 Å². The zero-order chi connectivity index (χ0) is 17.9. The highest BCUT2D eigenvalue weighted by Crippen LogP contribution is 2.31. The normalized spacial score (nSPS) is 10.8. The molecule has 0 saturated carbocycles. The van der Waals surface area contributed by atoms with Crippen molar-refractivity contribution in [2.24, 2.45) is 0 Å². The lowest BCUT2D eigenvalue weighted by Gasteiger charge is -2.13. The van der Waals surface area contributed by atoms with E-state index < -0.39 is 0 Å². The van der Waals surface area contributed by atoms with Crippen LogP contribution in [0.4, 0.5) is 5.69 Å². The second-order valence-electron chi connectivity index (χ2n) is 5.96. The number of aromatic nitrogens is 3. The molecule has 0 bridgehead atoms. The lowest BCUT2D eigenvalue weighted by molar-refractivity contribution is 0.416. The first-order valence-electron chi connectivity index (χ1n) is 8.23. The maximum atomic E-state index is 9.61. The Morgan fingerprint density at radius 1 is 1.12 bits per heavy atom. The third-order valence-electron chi connectivity index (χ3n) is 4.21. The molecule has 0 spiro atoms. The van der Waals surface area contributed by atoms with Crippen molar-refractivity contribution >= 4 is 16.7 Å². The Labute approximate surface area is 150 Å². The number of aromatic amines is 1. The van der Waals surface area contributed by atoms with Crippen molar-refractivity contribution in [1.82, 2.24) is 15.2 Å². The largest absolute Gasteiger partial charge is 0.508 e. The van der Waals surface area contributed by atoms with Crippen molar-refractivity contribution in [3.05, 3.63) is 66.4 Å². The van der Waals surface area contributed by atoms with Crippen LogP contribution in [0, 0.1) is 0 Å². The molecule has 6 nitrogen and oxygen atoms in total. The zero-order valence-corrected chi connectivity index (χ0v) is 14.2. The van der Waals surface area contributed by atoms with Gasteiger partial charge in [-0.05, 0) is 48.0 Å². The standard InChI is InChI=1S/C20H18N4O2/c1-26-19-6-5-14(17-11-15-7-8-22-24-20(15)23-17)10-18(19)21-12-13-3-2-4-16(25)9-13/h2-11,21,25H,12H2,1H3,(H,23,24). The Kier molecular flexibility index (Phi) is 4.15. The van der Waals surface area contributed by atoms with Crippen LogP contribution in [0.25, 0.3) is 22.3 Å². The van der Waals surface area contributed by atoms with Gasteiger partial charge in [0.15, 0.2) is 5.65 Å². The summed E-state index contributed by atoms with van der Waals surface area (Å²) in [4.78, 5) is 3.28. The maximum absolute atomic E-state index is 9.61. The summed E-state index contributed by atoms with van der Waals surface area (Å²) in [6.07, 6.45) is 1.68. The van der Waals surface area contributed by atoms with Crippen molar-refractivity contribution in [2.45, 2.75) is 6.54 Å². The van der Waals surface area contributed by atoms with E-state index in [2.05, 4.69) is 20.5 Å². The molecule has 0 unspecified atom stereocenters. The summed E-state index contributed by atoms with van der Waals surface area (Å²) in [6.45, 7) is 0.576. The first kappa shape index (κ1) is 16.0. The minimum absolute atomic E-state index is 0.254. The third kappa shape index (κ3) is 3.17. The SMILES string of the molecule is COc1ccc(-c2cc3ccnnc3[nH]2)cc1NCc1cccc(O)c1. The Hall–Kier alpha value is -3.54. The van der Waals surface area contributed by atoms with Crippen LogP contribution in [-0.2, 0) is 6.54 Å². The van der Waals surface area contributed by atoms with Crippen molar-refractivity contribution in [3.8, 4) is 22.8 Å². The molecule has 0 aliphatic carbocycles. The van der Waals surface area contributed by atoms with Gasteiger partial charge in [-0.1, -0.05) is 12.1 Å². The molecule has 0 aliphatic heterocycles. The van der Waals surface area contributed by atoms with E-state index in [0.717, 1.165) is 39.3 Å². The fraction of sp³-hybridized carbons (Fsp3) is 0.100. The van der Waals surface area contributed by atoms with Gasteiger partial charge in [-0.15, -0.1) is 5.10 Å². The molecule has 0 fully saturated rings. The molecule has 0 amide bonds. The molecule has 2 heterocycles. The minimum Gasteiger partial charge on any atom is -0.508 e. The van der Waals surface area contributed by atoms with Crippen LogP contribution in [-0.4, -0.2) is 27.4 Å². The van der Waals surface area contributed by atoms with E-state index in [0.29, 0.717) is 6.54 Å². The van der Waals surface area contributed by atoms with Crippen molar-refractivity contribution in [1.29, 1.82) is 0 Å². The molecule has 0 atom stereocenters. The van der Waals surface area contributed by atoms with Gasteiger partial charge in [0.25, 0.3) is 0 Å². The number of hydrogen-bond acceptors (Lipinski definition) is 5. The number of phenols is 1. The van der Waals surface area contributed by atoms with Crippen LogP contribution in [0.1, 0.15) is 5.56 Å². The van der Waals surface area contributed by atoms with Gasteiger partial charge in [0, 0.05) is 23.2 Å². The number of methoxy groups -OCH3 is 1. The van der Waals surface area contributed by atoms with E-state index in [-0.39, 0.29) is 5.75 Å². The monoisotopic (exact) mass is 346 g/mol. The first-order chi connectivity index (χ1) is 12.7. The molecule has 0 aliphatic rings. The lowest BCUT2D eigenvalue weighted by atomic mass is 10.1. The van der Waals surface area contributed by atoms with Crippen molar-refractivity contribution in [2.75, 3.05) is 12.4 Å². The van der Waals surface area contributed by atoms with Gasteiger partial charge in [0.1, 0.15) is 11.5 Å². The van der Waals surface area contributed by atoms with Gasteiger partial charge in [-0.3, -0.25) is 0 Å². The smallest absolute Gasteiger partial charge is 0.160 e. The predicted octanol–water partition coefficient (Wildman–Crippen LogP) is 3.95. The van der Waals surface area contributed by atoms with Gasteiger partial charge in [0.2, 0.25) is 0 Å². The van der Waals surface area contributed by atoms with E-state index in [1.54, 1.807) is 25.4 Å². The summed E-state index contributed by atoms with van der Waals surface area (Å²) < 4.78 is 5.46. The molecule has 130 valence electrons. The quantitative estimate of drug-likeness (QED) is 0.510. The maximum Gasteiger partial charge on any atom is 0.160 e. The van der Waals surface area contributed by atoms with E-state index in [1.165, 1.54) is 0 Å². The number of benzene rings is 2. The summed E-state index contributed by atoms with van der Waals surface area (Å²) >= 11 is 0. The minimum atomic E-state index is 0.254. The highest BCUT2D eigenvalue weighted by atomic mass is 16.5. The molecule has 0 saturated heterocycles. The summed E-state index contributed by atoms with van der Waals surface area (Å²) in [6, 6.07) is 17.1. The Bertz CT molecular complexity index is 1030. The highest BCUT2D eigenvalue weighted by molar-refractivity contribution is 5.83. The topological polar surface area (TPSA) is 83.1 Å². The van der Waals surface area contributed by atoms with E-state index in [9.17, 15) is 5.11 Å². The lowest BCUT2D eigenvalue weighted by Crippen LogP contribution is -2.01. The first-order valence-corrected chi connectivity index (χ1v) is 8.23. The third-order valence-corrected chi connectivity index (χ3v) is 4.21. The summed E-state index contributed by atoms with van der Waals surface area (Å²) in [5.41, 5.74) is 4.59. The molecular weight excluding hydrogens is 328 g/mol. The Morgan fingerprint density at radius 3 is 2.85 bits per heavy atom. The van der Waals surface area contributed by atoms with Gasteiger partial charge in [0.05, 0.1) is 19.0 Å². The van der Waals surface area contributed by atoms with Crippen LogP contribution in [0.15, 0.2) is 60.8 Å². The van der Waals surface area contributed by atoms with Gasteiger partial charge < -0.3 is 20.1 Å². The van der Waals surface area contributed by atoms with E-state index in [1.807, 2.05) is 42.5 Å². The average molecular weight is 346 g/mol. The van der Waals surface area contributed by atoms with Gasteiger partial charge >= 0.3 is 0 Å². The number of fused-ring (bicyclic) bond motifs is 1. The van der Waals surface area contributed by atoms with E-state index >= 15 is 0 Å². The molecular formula is C20H18N4O2. The Balaban J connectivity index is 1.64. The molecule has 2 aromatic carbocycles. The van der Waals surface area contributed by atoms with E-state index in [4.69, 9.17) is 4.74 Å². The molecule has 2 aromatic heterocycles. The van der Waals surface area contributed by atoms with Crippen molar-refractivity contribution in [3.63, 3.8) is 0 Å². The summed E-state index contributed by atoms with van der Waals surface area (Å²) in [5.74, 6) is 1.01. The number of phenolic OH excluding ortho intramolecular Hbond substituents is 1. The predicted molar refractivity (Wildman–Crippen MR) is 101 cm³/mol. The number of rotatable bonds is 5. The fourth-order valence-corrected chi connectivity index (χ4v) is 2.91. The number of H-pyrrole nitrogens is 1.